The maximum absolute atomic E-state index is 12.6. The summed E-state index contributed by atoms with van der Waals surface area (Å²) in [4.78, 5) is 19.4. The van der Waals surface area contributed by atoms with E-state index in [1.807, 2.05) is 37.2 Å². The van der Waals surface area contributed by atoms with Crippen LogP contribution in [0.25, 0.3) is 6.08 Å². The molecule has 1 amide bonds. The number of nitrogens with zero attached hydrogens (tertiary/aromatic N) is 4. The second-order valence-electron chi connectivity index (χ2n) is 6.61. The quantitative estimate of drug-likeness (QED) is 0.523. The van der Waals surface area contributed by atoms with Crippen molar-refractivity contribution in [1.29, 1.82) is 5.41 Å². The Morgan fingerprint density at radius 2 is 2.00 bits per heavy atom. The van der Waals surface area contributed by atoms with E-state index in [-0.39, 0.29) is 21.7 Å². The molecule has 1 aromatic carbocycles. The Hall–Kier alpha value is -1.98. The molecule has 2 aliphatic heterocycles. The molecular weight excluding hydrogens is 466 g/mol. The van der Waals surface area contributed by atoms with Crippen molar-refractivity contribution in [3.63, 3.8) is 0 Å². The molecular formula is C17H18BrN5O3S2. The number of hydrogen-bond acceptors (Lipinski definition) is 7. The molecule has 8 nitrogen and oxygen atoms in total. The van der Waals surface area contributed by atoms with Gasteiger partial charge in [-0.3, -0.25) is 10.2 Å². The van der Waals surface area contributed by atoms with E-state index in [4.69, 9.17) is 5.41 Å². The number of rotatable bonds is 3. The van der Waals surface area contributed by atoms with Gasteiger partial charge in [-0.05, 0) is 53.5 Å². The van der Waals surface area contributed by atoms with Crippen LogP contribution in [0.15, 0.2) is 37.6 Å². The van der Waals surface area contributed by atoms with Gasteiger partial charge < -0.3 is 4.90 Å². The number of carbonyl (C=O) groups excluding carboxylic acids is 1. The lowest BCUT2D eigenvalue weighted by Crippen LogP contribution is -2.46. The number of nitrogens with one attached hydrogen (secondary N) is 1. The lowest BCUT2D eigenvalue weighted by molar-refractivity contribution is -0.114. The molecule has 0 aliphatic carbocycles. The molecule has 0 unspecified atom stereocenters. The van der Waals surface area contributed by atoms with Crippen LogP contribution in [0.2, 0.25) is 0 Å². The molecule has 2 aliphatic rings. The highest BCUT2D eigenvalue weighted by atomic mass is 79.9. The zero-order chi connectivity index (χ0) is 20.8. The first-order valence-electron chi connectivity index (χ1n) is 8.23. The van der Waals surface area contributed by atoms with Crippen LogP contribution in [0, 0.1) is 5.41 Å². The van der Waals surface area contributed by atoms with Gasteiger partial charge >= 0.3 is 0 Å². The molecule has 1 N–H and O–H groups in total. The van der Waals surface area contributed by atoms with Gasteiger partial charge in [0.2, 0.25) is 20.2 Å². The summed E-state index contributed by atoms with van der Waals surface area (Å²) < 4.78 is 29.9. The number of aliphatic imine (C=N–C) groups is 1. The van der Waals surface area contributed by atoms with Gasteiger partial charge in [-0.25, -0.2) is 13.3 Å². The molecule has 0 atom stereocenters. The molecule has 0 radical (unpaired) electrons. The normalized spacial score (nSPS) is 18.5. The predicted octanol–water partition coefficient (Wildman–Crippen LogP) is 2.91. The minimum absolute atomic E-state index is 0.00223. The van der Waals surface area contributed by atoms with E-state index in [2.05, 4.69) is 25.3 Å². The summed E-state index contributed by atoms with van der Waals surface area (Å²) in [6.07, 6.45) is 1.53. The number of carbonyl (C=O) groups is 1. The predicted molar refractivity (Wildman–Crippen MR) is 118 cm³/mol. The number of amidine groups is 3. The van der Waals surface area contributed by atoms with Crippen LogP contribution in [0.3, 0.4) is 0 Å². The van der Waals surface area contributed by atoms with E-state index < -0.39 is 21.0 Å². The molecule has 28 heavy (non-hydrogen) atoms. The monoisotopic (exact) mass is 483 g/mol. The van der Waals surface area contributed by atoms with E-state index in [9.17, 15) is 13.2 Å². The third kappa shape index (κ3) is 3.53. The third-order valence-corrected chi connectivity index (χ3v) is 7.61. The van der Waals surface area contributed by atoms with E-state index in [1.54, 1.807) is 0 Å². The molecule has 0 saturated carbocycles. The molecule has 148 valence electrons. The molecule has 0 bridgehead atoms. The van der Waals surface area contributed by atoms with E-state index in [0.717, 1.165) is 27.0 Å². The standard InChI is InChI=1S/C17H18BrN5O3S2/c1-9(2)28(25,26)17-21-27-16-20-15(24)11(14(19)23(16)17)7-10-5-6-13(22(3)4)12(18)8-10/h5-9,19H,1-4H3/b11-7-,19-14?. The van der Waals surface area contributed by atoms with Crippen LogP contribution in [0.5, 0.6) is 0 Å². The second-order valence-corrected chi connectivity index (χ2v) is 10.6. The molecule has 0 saturated heterocycles. The number of anilines is 1. The molecule has 0 spiro atoms. The Morgan fingerprint density at radius 1 is 1.32 bits per heavy atom. The average Bonchev–Trinajstić information content (AvgIpc) is 3.02. The molecule has 11 heteroatoms. The Balaban J connectivity index is 2.03. The van der Waals surface area contributed by atoms with Crippen molar-refractivity contribution in [2.75, 3.05) is 19.0 Å². The Bertz CT molecular complexity index is 1070. The van der Waals surface area contributed by atoms with Gasteiger partial charge in [0, 0.05) is 18.6 Å². The number of halogens is 1. The number of hydrogen-bond donors (Lipinski definition) is 1. The lowest BCUT2D eigenvalue weighted by Gasteiger charge is -2.25. The summed E-state index contributed by atoms with van der Waals surface area (Å²) >= 11 is 4.28. The number of amides is 1. The second kappa shape index (κ2) is 7.45. The van der Waals surface area contributed by atoms with Crippen molar-refractivity contribution in [2.45, 2.75) is 19.1 Å². The minimum Gasteiger partial charge on any atom is -0.377 e. The van der Waals surface area contributed by atoms with E-state index >= 15 is 0 Å². The van der Waals surface area contributed by atoms with Crippen molar-refractivity contribution in [2.24, 2.45) is 9.39 Å². The molecule has 0 fully saturated rings. The van der Waals surface area contributed by atoms with E-state index in [1.165, 1.54) is 19.9 Å². The van der Waals surface area contributed by atoms with Crippen molar-refractivity contribution >= 4 is 71.6 Å². The van der Waals surface area contributed by atoms with Gasteiger partial charge in [-0.1, -0.05) is 6.07 Å². The molecule has 0 aromatic heterocycles. The fourth-order valence-electron chi connectivity index (χ4n) is 2.54. The maximum Gasteiger partial charge on any atom is 0.283 e. The van der Waals surface area contributed by atoms with Crippen LogP contribution >= 0.6 is 27.9 Å². The van der Waals surface area contributed by atoms with Crippen LogP contribution in [-0.2, 0) is 14.6 Å². The molecule has 1 aromatic rings. The zero-order valence-corrected chi connectivity index (χ0v) is 18.8. The highest BCUT2D eigenvalue weighted by molar-refractivity contribution is 9.10. The van der Waals surface area contributed by atoms with E-state index in [0.29, 0.717) is 5.56 Å². The van der Waals surface area contributed by atoms with Crippen LogP contribution in [0.4, 0.5) is 5.69 Å². The summed E-state index contributed by atoms with van der Waals surface area (Å²) in [5.41, 5.74) is 1.64. The molecule has 3 rings (SSSR count). The van der Waals surface area contributed by atoms with Gasteiger partial charge in [-0.2, -0.15) is 9.39 Å². The van der Waals surface area contributed by atoms with Gasteiger partial charge in [0.25, 0.3) is 5.91 Å². The Kier molecular flexibility index (Phi) is 5.52. The summed E-state index contributed by atoms with van der Waals surface area (Å²) in [6.45, 7) is 3.08. The number of sulfone groups is 1. The first-order chi connectivity index (χ1) is 13.0. The number of benzene rings is 1. The van der Waals surface area contributed by atoms with Gasteiger partial charge in [0.1, 0.15) is 5.84 Å². The topological polar surface area (TPSA) is 106 Å². The SMILES string of the molecule is CC(C)S(=O)(=O)C1=NSC2=NC(=O)/C(=C\c3ccc(N(C)C)c(Br)c3)C(=N)N21. The lowest BCUT2D eigenvalue weighted by atomic mass is 10.1. The van der Waals surface area contributed by atoms with Crippen molar-refractivity contribution in [3.8, 4) is 0 Å². The summed E-state index contributed by atoms with van der Waals surface area (Å²) in [6, 6.07) is 5.51. The average molecular weight is 484 g/mol. The van der Waals surface area contributed by atoms with Crippen LogP contribution in [-0.4, -0.2) is 54.7 Å². The first-order valence-corrected chi connectivity index (χ1v) is 11.3. The highest BCUT2D eigenvalue weighted by Gasteiger charge is 2.43. The van der Waals surface area contributed by atoms with Crippen molar-refractivity contribution in [1.82, 2.24) is 4.90 Å². The van der Waals surface area contributed by atoms with Gasteiger partial charge in [0.05, 0.1) is 28.5 Å². The Morgan fingerprint density at radius 3 is 2.57 bits per heavy atom. The minimum atomic E-state index is -3.73. The Labute approximate surface area is 176 Å². The van der Waals surface area contributed by atoms with Crippen molar-refractivity contribution < 1.29 is 13.2 Å². The zero-order valence-electron chi connectivity index (χ0n) is 15.6. The molecule has 2 heterocycles. The summed E-state index contributed by atoms with van der Waals surface area (Å²) in [5, 5.41) is 7.55. The van der Waals surface area contributed by atoms with Crippen LogP contribution in [0.1, 0.15) is 19.4 Å². The van der Waals surface area contributed by atoms with Crippen molar-refractivity contribution in [3.05, 3.63) is 33.8 Å². The summed E-state index contributed by atoms with van der Waals surface area (Å²) in [5.74, 6) is -0.856. The number of fused-ring (bicyclic) bond motifs is 1. The maximum atomic E-state index is 12.6. The largest absolute Gasteiger partial charge is 0.377 e. The third-order valence-electron chi connectivity index (χ3n) is 4.13. The smallest absolute Gasteiger partial charge is 0.283 e. The fraction of sp³-hybridized carbons (Fsp3) is 0.294. The van der Waals surface area contributed by atoms with Gasteiger partial charge in [0.15, 0.2) is 0 Å². The van der Waals surface area contributed by atoms with Crippen LogP contribution < -0.4 is 4.90 Å². The fourth-order valence-corrected chi connectivity index (χ4v) is 5.35. The first kappa shape index (κ1) is 20.7. The van der Waals surface area contributed by atoms with Gasteiger partial charge in [-0.15, -0.1) is 0 Å². The highest BCUT2D eigenvalue weighted by Crippen LogP contribution is 2.32. The summed E-state index contributed by atoms with van der Waals surface area (Å²) in [7, 11) is 0.0915.